The highest BCUT2D eigenvalue weighted by Gasteiger charge is 2.03. The van der Waals surface area contributed by atoms with Gasteiger partial charge in [0, 0.05) is 18.7 Å². The summed E-state index contributed by atoms with van der Waals surface area (Å²) in [6.45, 7) is 3.77. The molecule has 0 amide bonds. The average molecular weight is 197 g/mol. The second-order valence-corrected chi connectivity index (χ2v) is 3.27. The van der Waals surface area contributed by atoms with Crippen LogP contribution in [-0.2, 0) is 0 Å². The van der Waals surface area contributed by atoms with Gasteiger partial charge in [0.1, 0.15) is 11.6 Å². The number of aliphatic hydroxyl groups excluding tert-OH is 1. The lowest BCUT2D eigenvalue weighted by Gasteiger charge is -2.12. The number of H-pyrrole nitrogens is 1. The molecule has 5 heteroatoms. The van der Waals surface area contributed by atoms with Crippen LogP contribution in [0.2, 0.25) is 0 Å². The fraction of sp³-hybridized carbons (Fsp3) is 0.556. The van der Waals surface area contributed by atoms with Gasteiger partial charge in [0.15, 0.2) is 0 Å². The number of aliphatic hydroxyl groups is 1. The molecule has 3 N–H and O–H groups in total. The molecule has 0 aliphatic carbocycles. The predicted octanol–water partition coefficient (Wildman–Crippen LogP) is 0.261. The minimum absolute atomic E-state index is 0.105. The van der Waals surface area contributed by atoms with Gasteiger partial charge < -0.3 is 15.4 Å². The van der Waals surface area contributed by atoms with Gasteiger partial charge in [0.2, 0.25) is 0 Å². The normalized spacial score (nSPS) is 12.5. The summed E-state index contributed by atoms with van der Waals surface area (Å²) in [5.74, 6) is 1.13. The molecule has 1 aromatic heterocycles. The van der Waals surface area contributed by atoms with Crippen molar-refractivity contribution in [3.63, 3.8) is 0 Å². The molecule has 0 radical (unpaired) electrons. The van der Waals surface area contributed by atoms with Crippen molar-refractivity contribution in [2.45, 2.75) is 26.3 Å². The predicted molar refractivity (Wildman–Crippen MR) is 54.4 cm³/mol. The minimum atomic E-state index is -0.170. The number of hydrogen-bond acceptors (Lipinski definition) is 4. The van der Waals surface area contributed by atoms with Crippen LogP contribution in [0.15, 0.2) is 10.9 Å². The van der Waals surface area contributed by atoms with Crippen LogP contribution in [0.25, 0.3) is 0 Å². The van der Waals surface area contributed by atoms with Crippen molar-refractivity contribution in [1.29, 1.82) is 0 Å². The van der Waals surface area contributed by atoms with E-state index in [0.717, 1.165) is 0 Å². The molecule has 0 saturated carbocycles. The molecule has 14 heavy (non-hydrogen) atoms. The highest BCUT2D eigenvalue weighted by molar-refractivity contribution is 5.33. The summed E-state index contributed by atoms with van der Waals surface area (Å²) >= 11 is 0. The van der Waals surface area contributed by atoms with Crippen molar-refractivity contribution in [3.05, 3.63) is 22.2 Å². The number of hydrogen-bond donors (Lipinski definition) is 3. The Labute approximate surface area is 82.2 Å². The summed E-state index contributed by atoms with van der Waals surface area (Å²) in [5, 5.41) is 11.7. The molecule has 1 heterocycles. The van der Waals surface area contributed by atoms with Crippen LogP contribution in [0.5, 0.6) is 0 Å². The lowest BCUT2D eigenvalue weighted by atomic mass is 10.2. The molecular formula is C9H15N3O2. The first-order chi connectivity index (χ1) is 6.61. The molecule has 0 saturated heterocycles. The van der Waals surface area contributed by atoms with Crippen LogP contribution >= 0.6 is 0 Å². The van der Waals surface area contributed by atoms with Gasteiger partial charge in [-0.1, -0.05) is 0 Å². The Morgan fingerprint density at radius 3 is 3.00 bits per heavy atom. The standard InChI is InChI=1S/C9H15N3O2/c1-6(3-4-13)10-8-5-9(14)12-7(2)11-8/h5-6,13H,3-4H2,1-2H3,(H2,10,11,12,14). The number of aromatic nitrogens is 2. The van der Waals surface area contributed by atoms with E-state index >= 15 is 0 Å². The van der Waals surface area contributed by atoms with Gasteiger partial charge in [0.05, 0.1) is 0 Å². The first-order valence-corrected chi connectivity index (χ1v) is 4.57. The van der Waals surface area contributed by atoms with Crippen molar-refractivity contribution in [2.24, 2.45) is 0 Å². The first-order valence-electron chi connectivity index (χ1n) is 4.57. The molecule has 1 aromatic rings. The van der Waals surface area contributed by atoms with Crippen molar-refractivity contribution in [1.82, 2.24) is 9.97 Å². The van der Waals surface area contributed by atoms with E-state index in [1.165, 1.54) is 6.07 Å². The Morgan fingerprint density at radius 1 is 1.71 bits per heavy atom. The van der Waals surface area contributed by atoms with Crippen LogP contribution in [0.4, 0.5) is 5.82 Å². The molecule has 0 aromatic carbocycles. The van der Waals surface area contributed by atoms with Gasteiger partial charge in [-0.2, -0.15) is 0 Å². The van der Waals surface area contributed by atoms with E-state index in [9.17, 15) is 4.79 Å². The zero-order valence-electron chi connectivity index (χ0n) is 8.37. The van der Waals surface area contributed by atoms with Gasteiger partial charge in [-0.3, -0.25) is 4.79 Å². The second kappa shape index (κ2) is 4.76. The summed E-state index contributed by atoms with van der Waals surface area (Å²) in [4.78, 5) is 17.7. The Morgan fingerprint density at radius 2 is 2.43 bits per heavy atom. The van der Waals surface area contributed by atoms with Gasteiger partial charge in [-0.05, 0) is 20.3 Å². The minimum Gasteiger partial charge on any atom is -0.396 e. The molecule has 5 nitrogen and oxygen atoms in total. The van der Waals surface area contributed by atoms with Crippen LogP contribution < -0.4 is 10.9 Å². The Balaban J connectivity index is 2.71. The number of aryl methyl sites for hydroxylation is 1. The lowest BCUT2D eigenvalue weighted by Crippen LogP contribution is -2.20. The van der Waals surface area contributed by atoms with Crippen molar-refractivity contribution in [2.75, 3.05) is 11.9 Å². The van der Waals surface area contributed by atoms with E-state index in [2.05, 4.69) is 15.3 Å². The van der Waals surface area contributed by atoms with E-state index in [-0.39, 0.29) is 18.2 Å². The van der Waals surface area contributed by atoms with E-state index < -0.39 is 0 Å². The smallest absolute Gasteiger partial charge is 0.252 e. The first kappa shape index (κ1) is 10.7. The molecule has 1 atom stereocenters. The molecule has 78 valence electrons. The lowest BCUT2D eigenvalue weighted by molar-refractivity contribution is 0.282. The summed E-state index contributed by atoms with van der Waals surface area (Å²) in [6.07, 6.45) is 0.632. The summed E-state index contributed by atoms with van der Waals surface area (Å²) < 4.78 is 0. The van der Waals surface area contributed by atoms with Gasteiger partial charge in [-0.25, -0.2) is 4.98 Å². The topological polar surface area (TPSA) is 78.0 Å². The molecule has 0 aliphatic rings. The zero-order valence-corrected chi connectivity index (χ0v) is 8.37. The van der Waals surface area contributed by atoms with Gasteiger partial charge in [0.25, 0.3) is 5.56 Å². The van der Waals surface area contributed by atoms with Crippen molar-refractivity contribution in [3.8, 4) is 0 Å². The molecule has 1 unspecified atom stereocenters. The second-order valence-electron chi connectivity index (χ2n) is 3.27. The Hall–Kier alpha value is -1.36. The molecule has 0 bridgehead atoms. The quantitative estimate of drug-likeness (QED) is 0.647. The van der Waals surface area contributed by atoms with Crippen molar-refractivity contribution >= 4 is 5.82 Å². The maximum absolute atomic E-state index is 11.1. The third-order valence-electron chi connectivity index (χ3n) is 1.82. The maximum Gasteiger partial charge on any atom is 0.252 e. The monoisotopic (exact) mass is 197 g/mol. The Bertz CT molecular complexity index is 348. The number of nitrogens with one attached hydrogen (secondary N) is 2. The maximum atomic E-state index is 11.1. The van der Waals surface area contributed by atoms with E-state index in [1.807, 2.05) is 6.92 Å². The third kappa shape index (κ3) is 3.18. The number of rotatable bonds is 4. The van der Waals surface area contributed by atoms with Gasteiger partial charge >= 0.3 is 0 Å². The fourth-order valence-electron chi connectivity index (χ4n) is 1.17. The number of aromatic amines is 1. The largest absolute Gasteiger partial charge is 0.396 e. The highest BCUT2D eigenvalue weighted by Crippen LogP contribution is 2.02. The SMILES string of the molecule is Cc1nc(NC(C)CCO)cc(=O)[nH]1. The number of anilines is 1. The summed E-state index contributed by atoms with van der Waals surface area (Å²) in [6, 6.07) is 1.51. The van der Waals surface area contributed by atoms with E-state index in [0.29, 0.717) is 18.1 Å². The molecular weight excluding hydrogens is 182 g/mol. The van der Waals surface area contributed by atoms with E-state index in [4.69, 9.17) is 5.11 Å². The Kier molecular flexibility index (Phi) is 3.64. The number of nitrogens with zero attached hydrogens (tertiary/aromatic N) is 1. The van der Waals surface area contributed by atoms with Crippen LogP contribution in [0, 0.1) is 6.92 Å². The van der Waals surface area contributed by atoms with Gasteiger partial charge in [-0.15, -0.1) is 0 Å². The molecule has 0 fully saturated rings. The molecule has 0 spiro atoms. The summed E-state index contributed by atoms with van der Waals surface area (Å²) in [5.41, 5.74) is -0.170. The van der Waals surface area contributed by atoms with Crippen LogP contribution in [-0.4, -0.2) is 27.7 Å². The van der Waals surface area contributed by atoms with Crippen LogP contribution in [0.1, 0.15) is 19.2 Å². The third-order valence-corrected chi connectivity index (χ3v) is 1.82. The summed E-state index contributed by atoms with van der Waals surface area (Å²) in [7, 11) is 0. The van der Waals surface area contributed by atoms with E-state index in [1.54, 1.807) is 6.92 Å². The van der Waals surface area contributed by atoms with Crippen molar-refractivity contribution < 1.29 is 5.11 Å². The zero-order chi connectivity index (χ0) is 10.6. The molecule has 0 aliphatic heterocycles. The molecule has 1 rings (SSSR count). The fourth-order valence-corrected chi connectivity index (χ4v) is 1.17. The average Bonchev–Trinajstić information content (AvgIpc) is 2.01. The highest BCUT2D eigenvalue weighted by atomic mass is 16.3. The van der Waals surface area contributed by atoms with Crippen LogP contribution in [0.3, 0.4) is 0 Å².